The van der Waals surface area contributed by atoms with E-state index >= 15 is 0 Å². The highest BCUT2D eigenvalue weighted by atomic mass is 19.1. The summed E-state index contributed by atoms with van der Waals surface area (Å²) in [4.78, 5) is 3.79. The predicted octanol–water partition coefficient (Wildman–Crippen LogP) is 1.64. The van der Waals surface area contributed by atoms with Crippen LogP contribution >= 0.6 is 0 Å². The second-order valence-electron chi connectivity index (χ2n) is 3.74. The van der Waals surface area contributed by atoms with Crippen molar-refractivity contribution in [2.75, 3.05) is 6.61 Å². The predicted molar refractivity (Wildman–Crippen MR) is 56.9 cm³/mol. The van der Waals surface area contributed by atoms with Crippen molar-refractivity contribution in [2.24, 2.45) is 0 Å². The molecule has 3 nitrogen and oxygen atoms in total. The normalized spacial score (nSPS) is 14.9. The van der Waals surface area contributed by atoms with E-state index in [1.807, 2.05) is 13.8 Å². The molecule has 1 aromatic rings. The van der Waals surface area contributed by atoms with Gasteiger partial charge in [0.05, 0.1) is 6.20 Å². The second-order valence-corrected chi connectivity index (χ2v) is 3.74. The van der Waals surface area contributed by atoms with Crippen molar-refractivity contribution in [2.45, 2.75) is 32.4 Å². The van der Waals surface area contributed by atoms with Crippen molar-refractivity contribution in [1.82, 2.24) is 10.3 Å². The van der Waals surface area contributed by atoms with Gasteiger partial charge in [-0.1, -0.05) is 0 Å². The lowest BCUT2D eigenvalue weighted by Gasteiger charge is -2.19. The minimum Gasteiger partial charge on any atom is -0.396 e. The number of aliphatic hydroxyl groups excluding tert-OH is 1. The van der Waals surface area contributed by atoms with Crippen LogP contribution in [0.15, 0.2) is 18.5 Å². The molecule has 0 radical (unpaired) electrons. The maximum Gasteiger partial charge on any atom is 0.141 e. The van der Waals surface area contributed by atoms with E-state index in [1.54, 1.807) is 6.20 Å². The summed E-state index contributed by atoms with van der Waals surface area (Å²) >= 11 is 0. The molecular formula is C11H17FN2O. The summed E-state index contributed by atoms with van der Waals surface area (Å²) in [7, 11) is 0. The summed E-state index contributed by atoms with van der Waals surface area (Å²) in [6, 6.07) is 1.71. The van der Waals surface area contributed by atoms with Crippen molar-refractivity contribution in [3.05, 3.63) is 29.8 Å². The first-order valence-corrected chi connectivity index (χ1v) is 5.11. The Morgan fingerprint density at radius 2 is 2.20 bits per heavy atom. The van der Waals surface area contributed by atoms with Crippen LogP contribution in [-0.4, -0.2) is 22.7 Å². The summed E-state index contributed by atoms with van der Waals surface area (Å²) in [5, 5.41) is 12.0. The third-order valence-corrected chi connectivity index (χ3v) is 2.32. The first-order chi connectivity index (χ1) is 7.13. The van der Waals surface area contributed by atoms with Gasteiger partial charge in [-0.15, -0.1) is 0 Å². The van der Waals surface area contributed by atoms with Gasteiger partial charge in [0.2, 0.25) is 0 Å². The van der Waals surface area contributed by atoms with Crippen molar-refractivity contribution >= 4 is 0 Å². The molecular weight excluding hydrogens is 195 g/mol. The molecule has 84 valence electrons. The molecule has 1 heterocycles. The summed E-state index contributed by atoms with van der Waals surface area (Å²) in [5.41, 5.74) is 0.819. The van der Waals surface area contributed by atoms with Gasteiger partial charge in [-0.2, -0.15) is 0 Å². The van der Waals surface area contributed by atoms with Gasteiger partial charge in [0.1, 0.15) is 5.82 Å². The Hall–Kier alpha value is -1.00. The molecule has 0 aromatic carbocycles. The maximum atomic E-state index is 12.9. The van der Waals surface area contributed by atoms with Crippen molar-refractivity contribution in [3.63, 3.8) is 0 Å². The Labute approximate surface area is 89.4 Å². The third-order valence-electron chi connectivity index (χ3n) is 2.32. The van der Waals surface area contributed by atoms with E-state index in [0.717, 1.165) is 5.56 Å². The van der Waals surface area contributed by atoms with Gasteiger partial charge in [0.15, 0.2) is 0 Å². The maximum absolute atomic E-state index is 12.9. The Morgan fingerprint density at radius 1 is 1.47 bits per heavy atom. The highest BCUT2D eigenvalue weighted by molar-refractivity contribution is 5.14. The molecule has 4 heteroatoms. The second kappa shape index (κ2) is 5.78. The van der Waals surface area contributed by atoms with Crippen LogP contribution in [0.2, 0.25) is 0 Å². The summed E-state index contributed by atoms with van der Waals surface area (Å²) < 4.78 is 12.9. The number of pyridine rings is 1. The number of hydrogen-bond acceptors (Lipinski definition) is 3. The molecule has 0 saturated carbocycles. The molecule has 0 fully saturated rings. The van der Waals surface area contributed by atoms with Crippen molar-refractivity contribution in [1.29, 1.82) is 0 Å². The Bertz CT molecular complexity index is 306. The van der Waals surface area contributed by atoms with Crippen LogP contribution < -0.4 is 5.32 Å². The number of hydrogen-bond donors (Lipinski definition) is 2. The number of halogens is 1. The largest absolute Gasteiger partial charge is 0.396 e. The average molecular weight is 212 g/mol. The van der Waals surface area contributed by atoms with Crippen LogP contribution in [-0.2, 0) is 0 Å². The van der Waals surface area contributed by atoms with Gasteiger partial charge >= 0.3 is 0 Å². The topological polar surface area (TPSA) is 45.1 Å². The van der Waals surface area contributed by atoms with E-state index in [9.17, 15) is 4.39 Å². The van der Waals surface area contributed by atoms with Crippen LogP contribution in [0.25, 0.3) is 0 Å². The Kier molecular flexibility index (Phi) is 4.65. The third kappa shape index (κ3) is 3.93. The van der Waals surface area contributed by atoms with Crippen LogP contribution in [0.5, 0.6) is 0 Å². The molecule has 2 N–H and O–H groups in total. The van der Waals surface area contributed by atoms with Gasteiger partial charge in [-0.05, 0) is 31.9 Å². The zero-order valence-corrected chi connectivity index (χ0v) is 9.07. The van der Waals surface area contributed by atoms with Gasteiger partial charge in [0, 0.05) is 24.9 Å². The minimum absolute atomic E-state index is 0.0368. The van der Waals surface area contributed by atoms with Crippen LogP contribution in [0.3, 0.4) is 0 Å². The molecule has 0 saturated heterocycles. The zero-order valence-electron chi connectivity index (χ0n) is 9.07. The number of nitrogens with zero attached hydrogens (tertiary/aromatic N) is 1. The summed E-state index contributed by atoms with van der Waals surface area (Å²) in [6.45, 7) is 4.09. The van der Waals surface area contributed by atoms with E-state index in [2.05, 4.69) is 10.3 Å². The quantitative estimate of drug-likeness (QED) is 0.780. The number of nitrogens with one attached hydrogen (secondary N) is 1. The van der Waals surface area contributed by atoms with E-state index in [4.69, 9.17) is 5.11 Å². The molecule has 0 bridgehead atoms. The molecule has 1 aromatic heterocycles. The van der Waals surface area contributed by atoms with Gasteiger partial charge in [0.25, 0.3) is 0 Å². The highest BCUT2D eigenvalue weighted by Gasteiger charge is 2.09. The van der Waals surface area contributed by atoms with Crippen LogP contribution in [0.1, 0.15) is 31.9 Å². The van der Waals surface area contributed by atoms with E-state index in [-0.39, 0.29) is 24.5 Å². The fraction of sp³-hybridized carbons (Fsp3) is 0.545. The summed E-state index contributed by atoms with van der Waals surface area (Å²) in [5.74, 6) is -0.323. The van der Waals surface area contributed by atoms with Crippen LogP contribution in [0, 0.1) is 5.82 Å². The van der Waals surface area contributed by atoms with Gasteiger partial charge < -0.3 is 10.4 Å². The Balaban J connectivity index is 2.56. The van der Waals surface area contributed by atoms with E-state index in [1.165, 1.54) is 12.3 Å². The van der Waals surface area contributed by atoms with Crippen molar-refractivity contribution < 1.29 is 9.50 Å². The standard InChI is InChI=1S/C11H17FN2O/c1-8(3-4-15)14-9(2)10-5-11(12)7-13-6-10/h5-9,14-15H,3-4H2,1-2H3/t8-,9?/m1/s1. The minimum atomic E-state index is -0.323. The zero-order chi connectivity index (χ0) is 11.3. The first kappa shape index (κ1) is 12.1. The molecule has 0 aliphatic carbocycles. The molecule has 1 unspecified atom stereocenters. The number of aliphatic hydroxyl groups is 1. The SMILES string of the molecule is CC(N[C@H](C)CCO)c1cncc(F)c1. The fourth-order valence-electron chi connectivity index (χ4n) is 1.47. The molecule has 1 rings (SSSR count). The highest BCUT2D eigenvalue weighted by Crippen LogP contribution is 2.13. The number of aromatic nitrogens is 1. The molecule has 2 atom stereocenters. The molecule has 0 spiro atoms. The van der Waals surface area contributed by atoms with Crippen molar-refractivity contribution in [3.8, 4) is 0 Å². The van der Waals surface area contributed by atoms with Gasteiger partial charge in [-0.25, -0.2) is 4.39 Å². The molecule has 15 heavy (non-hydrogen) atoms. The average Bonchev–Trinajstić information content (AvgIpc) is 2.18. The number of rotatable bonds is 5. The monoisotopic (exact) mass is 212 g/mol. The van der Waals surface area contributed by atoms with E-state index < -0.39 is 0 Å². The fourth-order valence-corrected chi connectivity index (χ4v) is 1.47. The van der Waals surface area contributed by atoms with Gasteiger partial charge in [-0.3, -0.25) is 4.98 Å². The smallest absolute Gasteiger partial charge is 0.141 e. The molecule has 0 aliphatic heterocycles. The first-order valence-electron chi connectivity index (χ1n) is 5.11. The van der Waals surface area contributed by atoms with Crippen LogP contribution in [0.4, 0.5) is 4.39 Å². The molecule has 0 aliphatic rings. The van der Waals surface area contributed by atoms with E-state index in [0.29, 0.717) is 6.42 Å². The lowest BCUT2D eigenvalue weighted by Crippen LogP contribution is -2.29. The Morgan fingerprint density at radius 3 is 2.80 bits per heavy atom. The lowest BCUT2D eigenvalue weighted by atomic mass is 10.1. The molecule has 0 amide bonds. The summed E-state index contributed by atoms with van der Waals surface area (Å²) in [6.07, 6.45) is 3.52. The lowest BCUT2D eigenvalue weighted by molar-refractivity contribution is 0.264.